The molecular weight excluding hydrogens is 530 g/mol. The maximum atomic E-state index is 12.5. The van der Waals surface area contributed by atoms with E-state index in [1.807, 2.05) is 36.4 Å². The van der Waals surface area contributed by atoms with Gasteiger partial charge < -0.3 is 34.9 Å². The lowest BCUT2D eigenvalue weighted by molar-refractivity contribution is -0.118. The first-order valence-corrected chi connectivity index (χ1v) is 13.2. The zero-order valence-corrected chi connectivity index (χ0v) is 22.6. The number of benzene rings is 2. The molecule has 1 aromatic heterocycles. The Morgan fingerprint density at radius 2 is 1.93 bits per heavy atom. The third-order valence-electron chi connectivity index (χ3n) is 6.50. The molecule has 12 nitrogen and oxygen atoms in total. The molecule has 1 atom stereocenters. The van der Waals surface area contributed by atoms with E-state index in [1.54, 1.807) is 12.1 Å². The molecule has 12 heteroatoms. The molecule has 0 radical (unpaired) electrons. The minimum Gasteiger partial charge on any atom is -0.492 e. The molecule has 5 rings (SSSR count). The Morgan fingerprint density at radius 1 is 1.10 bits per heavy atom. The van der Waals surface area contributed by atoms with Crippen molar-refractivity contribution in [1.82, 2.24) is 15.6 Å². The number of hydrogen-bond donors (Lipinski definition) is 3. The molecule has 0 bridgehead atoms. The summed E-state index contributed by atoms with van der Waals surface area (Å²) in [5, 5.41) is 8.66. The minimum absolute atomic E-state index is 0.0553. The molecule has 0 saturated carbocycles. The molecule has 3 amide bonds. The van der Waals surface area contributed by atoms with Crippen LogP contribution in [-0.2, 0) is 20.8 Å². The van der Waals surface area contributed by atoms with E-state index in [9.17, 15) is 14.4 Å². The highest BCUT2D eigenvalue weighted by atomic mass is 16.6. The largest absolute Gasteiger partial charge is 0.492 e. The Kier molecular flexibility index (Phi) is 8.79. The van der Waals surface area contributed by atoms with E-state index in [4.69, 9.17) is 14.2 Å². The lowest BCUT2D eigenvalue weighted by Gasteiger charge is -2.19. The van der Waals surface area contributed by atoms with Gasteiger partial charge in [-0.2, -0.15) is 0 Å². The molecule has 0 aliphatic carbocycles. The number of nitrogens with one attached hydrogen (secondary N) is 3. The van der Waals surface area contributed by atoms with Crippen LogP contribution in [0.2, 0.25) is 0 Å². The van der Waals surface area contributed by atoms with Crippen LogP contribution in [-0.4, -0.2) is 69.1 Å². The number of pyridine rings is 1. The van der Waals surface area contributed by atoms with Crippen molar-refractivity contribution < 1.29 is 33.3 Å². The van der Waals surface area contributed by atoms with Crippen molar-refractivity contribution in [3.8, 4) is 22.6 Å². The Hall–Kier alpha value is -4.84. The smallest absolute Gasteiger partial charge is 0.415 e. The SMILES string of the molecule is COC(=O)NCCOc1cccc(-c2cccc(CNCC[C@H]3CN(c4ccc5c(n4)NC(=O)CO5)C(=O)O3)c2)c1. The van der Waals surface area contributed by atoms with Gasteiger partial charge in [0.25, 0.3) is 5.91 Å². The summed E-state index contributed by atoms with van der Waals surface area (Å²) in [5.41, 5.74) is 3.19. The topological polar surface area (TPSA) is 140 Å². The van der Waals surface area contributed by atoms with Crippen LogP contribution in [0.1, 0.15) is 12.0 Å². The van der Waals surface area contributed by atoms with E-state index in [-0.39, 0.29) is 18.6 Å². The van der Waals surface area contributed by atoms with Gasteiger partial charge in [-0.3, -0.25) is 9.69 Å². The van der Waals surface area contributed by atoms with Gasteiger partial charge in [0.05, 0.1) is 20.2 Å². The van der Waals surface area contributed by atoms with Crippen molar-refractivity contribution >= 4 is 29.7 Å². The monoisotopic (exact) mass is 561 g/mol. The number of hydrogen-bond acceptors (Lipinski definition) is 9. The van der Waals surface area contributed by atoms with Gasteiger partial charge in [-0.25, -0.2) is 14.6 Å². The second kappa shape index (κ2) is 13.0. The van der Waals surface area contributed by atoms with Crippen LogP contribution in [0, 0.1) is 0 Å². The summed E-state index contributed by atoms with van der Waals surface area (Å²) in [6, 6.07) is 19.4. The predicted molar refractivity (Wildman–Crippen MR) is 150 cm³/mol. The number of carbonyl (C=O) groups is 3. The van der Waals surface area contributed by atoms with Crippen LogP contribution >= 0.6 is 0 Å². The number of ether oxygens (including phenoxy) is 4. The van der Waals surface area contributed by atoms with Crippen LogP contribution < -0.4 is 30.3 Å². The van der Waals surface area contributed by atoms with Gasteiger partial charge in [-0.05, 0) is 60.0 Å². The molecule has 2 aliphatic rings. The molecule has 2 aliphatic heterocycles. The average Bonchev–Trinajstić information content (AvgIpc) is 3.37. The first-order valence-electron chi connectivity index (χ1n) is 13.2. The van der Waals surface area contributed by atoms with Crippen molar-refractivity contribution in [1.29, 1.82) is 0 Å². The second-order valence-electron chi connectivity index (χ2n) is 9.43. The number of anilines is 2. The van der Waals surface area contributed by atoms with Gasteiger partial charge in [0, 0.05) is 6.54 Å². The highest BCUT2D eigenvalue weighted by Crippen LogP contribution is 2.30. The maximum absolute atomic E-state index is 12.5. The van der Waals surface area contributed by atoms with Crippen molar-refractivity contribution in [2.75, 3.05) is 50.2 Å². The highest BCUT2D eigenvalue weighted by molar-refractivity contribution is 5.95. The Balaban J connectivity index is 1.09. The zero-order chi connectivity index (χ0) is 28.6. The molecule has 0 unspecified atom stereocenters. The molecule has 41 heavy (non-hydrogen) atoms. The van der Waals surface area contributed by atoms with Gasteiger partial charge in [0.15, 0.2) is 18.2 Å². The van der Waals surface area contributed by atoms with Gasteiger partial charge in [-0.1, -0.05) is 30.3 Å². The fraction of sp³-hybridized carbons (Fsp3) is 0.310. The van der Waals surface area contributed by atoms with Crippen LogP contribution in [0.4, 0.5) is 21.2 Å². The number of methoxy groups -OCH3 is 1. The van der Waals surface area contributed by atoms with Crippen molar-refractivity contribution in [3.63, 3.8) is 0 Å². The van der Waals surface area contributed by atoms with Gasteiger partial charge in [0.1, 0.15) is 24.3 Å². The summed E-state index contributed by atoms with van der Waals surface area (Å²) >= 11 is 0. The Morgan fingerprint density at radius 3 is 2.78 bits per heavy atom. The number of cyclic esters (lactones) is 1. The van der Waals surface area contributed by atoms with Gasteiger partial charge in [0.2, 0.25) is 0 Å². The van der Waals surface area contributed by atoms with E-state index in [2.05, 4.69) is 37.8 Å². The molecule has 2 aromatic carbocycles. The Bertz CT molecular complexity index is 1420. The maximum Gasteiger partial charge on any atom is 0.415 e. The Labute approximate surface area is 236 Å². The quantitative estimate of drug-likeness (QED) is 0.301. The van der Waals surface area contributed by atoms with Crippen LogP contribution in [0.3, 0.4) is 0 Å². The van der Waals surface area contributed by atoms with Crippen molar-refractivity contribution in [2.24, 2.45) is 0 Å². The van der Waals surface area contributed by atoms with Crippen molar-refractivity contribution in [3.05, 3.63) is 66.2 Å². The molecule has 0 spiro atoms. The fourth-order valence-corrected chi connectivity index (χ4v) is 4.48. The summed E-state index contributed by atoms with van der Waals surface area (Å²) in [6.45, 7) is 2.29. The third kappa shape index (κ3) is 7.22. The van der Waals surface area contributed by atoms with Crippen LogP contribution in [0.15, 0.2) is 60.7 Å². The molecule has 3 heterocycles. The standard InChI is InChI=1S/C29H31N5O7/c1-38-28(36)31-12-13-39-22-7-3-6-21(15-22)20-5-2-4-19(14-20)16-30-11-10-23-17-34(29(37)41-23)25-9-8-24-27(32-25)33-26(35)18-40-24/h2-9,14-15,23,30H,10-13,16-18H2,1H3,(H,31,36)(H,32,33,35)/t23-/m0/s1. The molecule has 3 aromatic rings. The number of amides is 3. The molecule has 1 saturated heterocycles. The van der Waals surface area contributed by atoms with Crippen LogP contribution in [0.25, 0.3) is 11.1 Å². The van der Waals surface area contributed by atoms with E-state index in [0.29, 0.717) is 62.3 Å². The summed E-state index contributed by atoms with van der Waals surface area (Å²) in [4.78, 5) is 41.0. The number of nitrogens with zero attached hydrogens (tertiary/aromatic N) is 2. The number of aromatic nitrogens is 1. The normalized spacial score (nSPS) is 15.8. The zero-order valence-electron chi connectivity index (χ0n) is 22.6. The number of carbonyl (C=O) groups excluding carboxylic acids is 3. The van der Waals surface area contributed by atoms with Crippen molar-refractivity contribution in [2.45, 2.75) is 19.1 Å². The predicted octanol–water partition coefficient (Wildman–Crippen LogP) is 3.32. The molecule has 3 N–H and O–H groups in total. The number of alkyl carbamates (subject to hydrolysis) is 1. The highest BCUT2D eigenvalue weighted by Gasteiger charge is 2.33. The van der Waals surface area contributed by atoms with E-state index in [1.165, 1.54) is 12.0 Å². The summed E-state index contributed by atoms with van der Waals surface area (Å²) in [6.07, 6.45) is -0.605. The first-order chi connectivity index (χ1) is 20.0. The van der Waals surface area contributed by atoms with E-state index < -0.39 is 12.2 Å². The van der Waals surface area contributed by atoms with E-state index in [0.717, 1.165) is 16.7 Å². The van der Waals surface area contributed by atoms with Crippen LogP contribution in [0.5, 0.6) is 11.5 Å². The third-order valence-corrected chi connectivity index (χ3v) is 6.50. The molecule has 214 valence electrons. The number of fused-ring (bicyclic) bond motifs is 1. The van der Waals surface area contributed by atoms with Gasteiger partial charge in [-0.15, -0.1) is 0 Å². The van der Waals surface area contributed by atoms with Gasteiger partial charge >= 0.3 is 12.2 Å². The summed E-state index contributed by atoms with van der Waals surface area (Å²) < 4.78 is 21.2. The fourth-order valence-electron chi connectivity index (χ4n) is 4.48. The molecule has 1 fully saturated rings. The summed E-state index contributed by atoms with van der Waals surface area (Å²) in [5.74, 6) is 1.59. The average molecular weight is 562 g/mol. The second-order valence-corrected chi connectivity index (χ2v) is 9.43. The van der Waals surface area contributed by atoms with E-state index >= 15 is 0 Å². The first kappa shape index (κ1) is 27.7. The minimum atomic E-state index is -0.491. The lowest BCUT2D eigenvalue weighted by Crippen LogP contribution is -2.29. The summed E-state index contributed by atoms with van der Waals surface area (Å²) in [7, 11) is 1.32. The lowest BCUT2D eigenvalue weighted by atomic mass is 10.0. The molecular formula is C29H31N5O7. The number of rotatable bonds is 11.